The lowest BCUT2D eigenvalue weighted by molar-refractivity contribution is 0.205. The zero-order chi connectivity index (χ0) is 13.4. The number of ether oxygens (including phenoxy) is 1. The van der Waals surface area contributed by atoms with Gasteiger partial charge in [-0.25, -0.2) is 0 Å². The number of benzene rings is 1. The number of anilines is 1. The Kier molecular flexibility index (Phi) is 7.16. The van der Waals surface area contributed by atoms with Crippen LogP contribution in [-0.2, 0) is 11.3 Å². The van der Waals surface area contributed by atoms with Crippen LogP contribution in [0.4, 0.5) is 5.69 Å². The fourth-order valence-corrected chi connectivity index (χ4v) is 2.84. The molecule has 0 saturated carbocycles. The molecule has 2 N–H and O–H groups in total. The van der Waals surface area contributed by atoms with E-state index in [1.165, 1.54) is 16.1 Å². The normalized spacial score (nSPS) is 10.7. The molecule has 0 bridgehead atoms. The minimum Gasteiger partial charge on any atom is -0.383 e. The molecular formula is C14H24N2OS. The lowest BCUT2D eigenvalue weighted by atomic mass is 10.1. The predicted molar refractivity (Wildman–Crippen MR) is 80.5 cm³/mol. The lowest BCUT2D eigenvalue weighted by Gasteiger charge is -2.26. The van der Waals surface area contributed by atoms with Gasteiger partial charge in [0.1, 0.15) is 0 Å². The highest BCUT2D eigenvalue weighted by Gasteiger charge is 2.12. The van der Waals surface area contributed by atoms with Crippen molar-refractivity contribution in [2.24, 2.45) is 5.73 Å². The number of rotatable bonds is 8. The van der Waals surface area contributed by atoms with Gasteiger partial charge in [0.05, 0.1) is 6.61 Å². The summed E-state index contributed by atoms with van der Waals surface area (Å²) >= 11 is 1.85. The molecule has 3 nitrogen and oxygen atoms in total. The zero-order valence-corrected chi connectivity index (χ0v) is 12.4. The first-order valence-corrected chi connectivity index (χ1v) is 7.45. The molecule has 0 fully saturated rings. The van der Waals surface area contributed by atoms with Crippen LogP contribution in [0, 0.1) is 0 Å². The maximum atomic E-state index is 5.93. The second-order valence-corrected chi connectivity index (χ2v) is 5.27. The van der Waals surface area contributed by atoms with Crippen LogP contribution in [0.25, 0.3) is 0 Å². The van der Waals surface area contributed by atoms with Crippen LogP contribution in [0.5, 0.6) is 0 Å². The Morgan fingerprint density at radius 3 is 2.67 bits per heavy atom. The van der Waals surface area contributed by atoms with Gasteiger partial charge in [0.25, 0.3) is 0 Å². The van der Waals surface area contributed by atoms with Crippen LogP contribution in [-0.4, -0.2) is 32.6 Å². The van der Waals surface area contributed by atoms with Crippen molar-refractivity contribution in [3.8, 4) is 0 Å². The van der Waals surface area contributed by atoms with E-state index in [0.29, 0.717) is 6.54 Å². The van der Waals surface area contributed by atoms with Gasteiger partial charge in [-0.3, -0.25) is 0 Å². The molecule has 1 aromatic carbocycles. The number of likely N-dealkylation sites (N-methyl/N-ethyl adjacent to an activating group) is 1. The molecule has 4 heteroatoms. The third-order valence-corrected chi connectivity index (χ3v) is 3.88. The second-order valence-electron chi connectivity index (χ2n) is 3.96. The predicted octanol–water partition coefficient (Wildman–Crippen LogP) is 2.73. The van der Waals surface area contributed by atoms with Gasteiger partial charge < -0.3 is 15.4 Å². The molecule has 0 atom stereocenters. The van der Waals surface area contributed by atoms with Gasteiger partial charge in [-0.2, -0.15) is 0 Å². The van der Waals surface area contributed by atoms with Crippen molar-refractivity contribution in [1.82, 2.24) is 0 Å². The maximum absolute atomic E-state index is 5.93. The van der Waals surface area contributed by atoms with Gasteiger partial charge in [-0.1, -0.05) is 13.0 Å². The highest BCUT2D eigenvalue weighted by Crippen LogP contribution is 2.30. The van der Waals surface area contributed by atoms with Crippen molar-refractivity contribution < 1.29 is 4.74 Å². The number of nitrogens with two attached hydrogens (primary N) is 1. The summed E-state index contributed by atoms with van der Waals surface area (Å²) in [5.74, 6) is 1.07. The van der Waals surface area contributed by atoms with E-state index in [1.54, 1.807) is 7.11 Å². The minimum absolute atomic E-state index is 0.585. The minimum atomic E-state index is 0.585. The summed E-state index contributed by atoms with van der Waals surface area (Å²) in [6.07, 6.45) is 0. The Morgan fingerprint density at radius 2 is 2.11 bits per heavy atom. The Morgan fingerprint density at radius 1 is 1.33 bits per heavy atom. The van der Waals surface area contributed by atoms with Gasteiger partial charge >= 0.3 is 0 Å². The largest absolute Gasteiger partial charge is 0.383 e. The van der Waals surface area contributed by atoms with Crippen molar-refractivity contribution in [2.45, 2.75) is 25.3 Å². The second kappa shape index (κ2) is 8.40. The molecule has 18 heavy (non-hydrogen) atoms. The molecule has 0 aliphatic heterocycles. The lowest BCUT2D eigenvalue weighted by Crippen LogP contribution is -2.28. The molecule has 102 valence electrons. The number of methoxy groups -OCH3 is 1. The molecule has 1 aromatic rings. The highest BCUT2D eigenvalue weighted by molar-refractivity contribution is 7.99. The summed E-state index contributed by atoms with van der Waals surface area (Å²) < 4.78 is 5.17. The monoisotopic (exact) mass is 268 g/mol. The van der Waals surface area contributed by atoms with Crippen LogP contribution < -0.4 is 10.6 Å². The maximum Gasteiger partial charge on any atom is 0.0637 e. The first kappa shape index (κ1) is 15.3. The molecule has 0 aromatic heterocycles. The van der Waals surface area contributed by atoms with Crippen LogP contribution in [0.1, 0.15) is 19.4 Å². The third kappa shape index (κ3) is 3.90. The summed E-state index contributed by atoms with van der Waals surface area (Å²) in [5, 5.41) is 0. The summed E-state index contributed by atoms with van der Waals surface area (Å²) in [4.78, 5) is 3.62. The molecular weight excluding hydrogens is 244 g/mol. The molecule has 0 aliphatic carbocycles. The van der Waals surface area contributed by atoms with Gasteiger partial charge in [-0.05, 0) is 24.8 Å². The van der Waals surface area contributed by atoms with Crippen LogP contribution in [0.2, 0.25) is 0 Å². The molecule has 0 saturated heterocycles. The number of thioether (sulfide) groups is 1. The van der Waals surface area contributed by atoms with Crippen molar-refractivity contribution in [3.63, 3.8) is 0 Å². The summed E-state index contributed by atoms with van der Waals surface area (Å²) in [6, 6.07) is 6.42. The van der Waals surface area contributed by atoms with Gasteiger partial charge in [0, 0.05) is 42.9 Å². The summed E-state index contributed by atoms with van der Waals surface area (Å²) in [7, 11) is 1.74. The van der Waals surface area contributed by atoms with Gasteiger partial charge in [0.15, 0.2) is 0 Å². The smallest absolute Gasteiger partial charge is 0.0637 e. The van der Waals surface area contributed by atoms with Crippen molar-refractivity contribution >= 4 is 17.4 Å². The van der Waals surface area contributed by atoms with E-state index in [9.17, 15) is 0 Å². The van der Waals surface area contributed by atoms with Gasteiger partial charge in [0.2, 0.25) is 0 Å². The third-order valence-electron chi connectivity index (χ3n) is 2.90. The quantitative estimate of drug-likeness (QED) is 0.736. The molecule has 1 rings (SSSR count). The van der Waals surface area contributed by atoms with E-state index in [4.69, 9.17) is 10.5 Å². The fraction of sp³-hybridized carbons (Fsp3) is 0.571. The zero-order valence-electron chi connectivity index (χ0n) is 11.6. The van der Waals surface area contributed by atoms with Crippen molar-refractivity contribution in [2.75, 3.05) is 37.5 Å². The topological polar surface area (TPSA) is 38.5 Å². The van der Waals surface area contributed by atoms with Crippen molar-refractivity contribution in [3.05, 3.63) is 23.8 Å². The summed E-state index contributed by atoms with van der Waals surface area (Å²) in [6.45, 7) is 7.53. The first-order chi connectivity index (χ1) is 8.78. The average molecular weight is 268 g/mol. The standard InChI is InChI=1S/C14H24N2OS/c1-4-16(9-10-17-3)13-7-6-8-14(18-5-2)12(13)11-15/h6-8H,4-5,9-11,15H2,1-3H3. The molecule has 0 radical (unpaired) electrons. The van der Waals surface area contributed by atoms with Crippen molar-refractivity contribution in [1.29, 1.82) is 0 Å². The number of hydrogen-bond donors (Lipinski definition) is 1. The Hall–Kier alpha value is -0.710. The first-order valence-electron chi connectivity index (χ1n) is 6.47. The van der Waals surface area contributed by atoms with E-state index < -0.39 is 0 Å². The molecule has 0 spiro atoms. The summed E-state index contributed by atoms with van der Waals surface area (Å²) in [5.41, 5.74) is 8.43. The Labute approximate surface area is 115 Å². The van der Waals surface area contributed by atoms with E-state index in [2.05, 4.69) is 36.9 Å². The molecule has 0 aliphatic rings. The average Bonchev–Trinajstić information content (AvgIpc) is 2.40. The van der Waals surface area contributed by atoms with Crippen LogP contribution >= 0.6 is 11.8 Å². The van der Waals surface area contributed by atoms with E-state index in [-0.39, 0.29) is 0 Å². The molecule has 0 amide bonds. The Balaban J connectivity index is 3.00. The van der Waals surface area contributed by atoms with Crippen LogP contribution in [0.15, 0.2) is 23.1 Å². The number of hydrogen-bond acceptors (Lipinski definition) is 4. The molecule has 0 unspecified atom stereocenters. The SMILES string of the molecule is CCSc1cccc(N(CC)CCOC)c1CN. The van der Waals surface area contributed by atoms with Crippen LogP contribution in [0.3, 0.4) is 0 Å². The Bertz CT molecular complexity index is 358. The number of nitrogens with zero attached hydrogens (tertiary/aromatic N) is 1. The van der Waals surface area contributed by atoms with E-state index in [1.807, 2.05) is 11.8 Å². The fourth-order valence-electron chi connectivity index (χ4n) is 2.00. The highest BCUT2D eigenvalue weighted by atomic mass is 32.2. The van der Waals surface area contributed by atoms with E-state index in [0.717, 1.165) is 25.4 Å². The molecule has 0 heterocycles. The van der Waals surface area contributed by atoms with E-state index >= 15 is 0 Å². The van der Waals surface area contributed by atoms with Gasteiger partial charge in [-0.15, -0.1) is 11.8 Å².